The number of hydrogen-bond acceptors (Lipinski definition) is 4. The van der Waals surface area contributed by atoms with Crippen molar-refractivity contribution in [3.8, 4) is 0 Å². The highest BCUT2D eigenvalue weighted by Crippen LogP contribution is 2.36. The molecule has 1 unspecified atom stereocenters. The molecule has 1 aromatic rings. The van der Waals surface area contributed by atoms with E-state index in [0.29, 0.717) is 5.17 Å². The Labute approximate surface area is 141 Å². The van der Waals surface area contributed by atoms with E-state index in [0.717, 1.165) is 30.6 Å². The van der Waals surface area contributed by atoms with Crippen molar-refractivity contribution in [1.82, 2.24) is 0 Å². The highest BCUT2D eigenvalue weighted by molar-refractivity contribution is 8.13. The van der Waals surface area contributed by atoms with E-state index in [-0.39, 0.29) is 17.5 Å². The minimum Gasteiger partial charge on any atom is -0.379 e. The van der Waals surface area contributed by atoms with E-state index in [9.17, 15) is 9.18 Å². The van der Waals surface area contributed by atoms with Crippen LogP contribution in [0.25, 0.3) is 0 Å². The molecule has 1 heterocycles. The van der Waals surface area contributed by atoms with Crippen LogP contribution in [0.15, 0.2) is 23.2 Å². The first-order chi connectivity index (χ1) is 10.9. The SMILES string of the molecule is CCC(CC)C(=O)Nc1cc(C2(C)CCSC(N)=N2)ccc1F. The summed E-state index contributed by atoms with van der Waals surface area (Å²) in [5, 5.41) is 3.27. The molecular formula is C17H24FN3OS. The molecule has 0 aliphatic carbocycles. The number of hydrogen-bond donors (Lipinski definition) is 2. The third-order valence-corrected chi connectivity index (χ3v) is 5.19. The molecule has 0 radical (unpaired) electrons. The second-order valence-electron chi connectivity index (χ2n) is 6.02. The number of nitrogens with one attached hydrogen (secondary N) is 1. The van der Waals surface area contributed by atoms with Crippen LogP contribution in [0.2, 0.25) is 0 Å². The molecule has 0 saturated heterocycles. The van der Waals surface area contributed by atoms with Crippen LogP contribution < -0.4 is 11.1 Å². The van der Waals surface area contributed by atoms with E-state index in [1.165, 1.54) is 17.8 Å². The molecule has 0 fully saturated rings. The van der Waals surface area contributed by atoms with Gasteiger partial charge in [-0.05, 0) is 43.9 Å². The summed E-state index contributed by atoms with van der Waals surface area (Å²) in [7, 11) is 0. The normalized spacial score (nSPS) is 21.2. The number of halogens is 1. The van der Waals surface area contributed by atoms with E-state index >= 15 is 0 Å². The van der Waals surface area contributed by atoms with Gasteiger partial charge in [0, 0.05) is 11.7 Å². The van der Waals surface area contributed by atoms with Gasteiger partial charge in [-0.2, -0.15) is 0 Å². The fraction of sp³-hybridized carbons (Fsp3) is 0.529. The van der Waals surface area contributed by atoms with Gasteiger partial charge >= 0.3 is 0 Å². The molecule has 126 valence electrons. The maximum absolute atomic E-state index is 14.1. The molecule has 1 aliphatic rings. The van der Waals surface area contributed by atoms with Crippen molar-refractivity contribution in [2.24, 2.45) is 16.6 Å². The van der Waals surface area contributed by atoms with Crippen molar-refractivity contribution in [3.63, 3.8) is 0 Å². The number of carbonyl (C=O) groups is 1. The summed E-state index contributed by atoms with van der Waals surface area (Å²) in [6.45, 7) is 5.90. The van der Waals surface area contributed by atoms with Crippen molar-refractivity contribution >= 4 is 28.5 Å². The minimum atomic E-state index is -0.475. The highest BCUT2D eigenvalue weighted by Gasteiger charge is 2.30. The van der Waals surface area contributed by atoms with E-state index < -0.39 is 11.4 Å². The molecule has 4 nitrogen and oxygen atoms in total. The lowest BCUT2D eigenvalue weighted by Gasteiger charge is -2.30. The molecule has 3 N–H and O–H groups in total. The smallest absolute Gasteiger partial charge is 0.227 e. The van der Waals surface area contributed by atoms with Gasteiger partial charge in [-0.25, -0.2) is 4.39 Å². The van der Waals surface area contributed by atoms with Crippen molar-refractivity contribution in [2.75, 3.05) is 11.1 Å². The van der Waals surface area contributed by atoms with Crippen LogP contribution in [0.3, 0.4) is 0 Å². The van der Waals surface area contributed by atoms with Gasteiger partial charge in [-0.3, -0.25) is 9.79 Å². The Morgan fingerprint density at radius 1 is 1.48 bits per heavy atom. The monoisotopic (exact) mass is 337 g/mol. The Bertz CT molecular complexity index is 616. The number of amides is 1. The predicted octanol–water partition coefficient (Wildman–Crippen LogP) is 3.87. The zero-order valence-corrected chi connectivity index (χ0v) is 14.7. The number of aliphatic imine (C=N–C) groups is 1. The van der Waals surface area contributed by atoms with Gasteiger partial charge in [-0.15, -0.1) is 0 Å². The van der Waals surface area contributed by atoms with Gasteiger partial charge in [-0.1, -0.05) is 31.7 Å². The average Bonchev–Trinajstić information content (AvgIpc) is 2.50. The average molecular weight is 337 g/mol. The molecule has 1 atom stereocenters. The van der Waals surface area contributed by atoms with E-state index in [2.05, 4.69) is 10.3 Å². The molecule has 6 heteroatoms. The summed E-state index contributed by atoms with van der Waals surface area (Å²) in [6.07, 6.45) is 2.29. The van der Waals surface area contributed by atoms with Gasteiger partial charge in [0.25, 0.3) is 0 Å². The number of benzene rings is 1. The molecule has 2 rings (SSSR count). The van der Waals surface area contributed by atoms with Crippen molar-refractivity contribution in [3.05, 3.63) is 29.6 Å². The number of nitrogens with zero attached hydrogens (tertiary/aromatic N) is 1. The first-order valence-electron chi connectivity index (χ1n) is 7.98. The van der Waals surface area contributed by atoms with Crippen LogP contribution >= 0.6 is 11.8 Å². The van der Waals surface area contributed by atoms with Gasteiger partial charge in [0.1, 0.15) is 5.82 Å². The Kier molecular flexibility index (Phi) is 5.68. The molecular weight excluding hydrogens is 313 g/mol. The van der Waals surface area contributed by atoms with Gasteiger partial charge < -0.3 is 11.1 Å². The van der Waals surface area contributed by atoms with Crippen LogP contribution in [-0.2, 0) is 10.3 Å². The van der Waals surface area contributed by atoms with Crippen molar-refractivity contribution in [2.45, 2.75) is 45.6 Å². The van der Waals surface area contributed by atoms with Crippen LogP contribution in [0, 0.1) is 11.7 Å². The number of nitrogens with two attached hydrogens (primary N) is 1. The first kappa shape index (κ1) is 17.8. The summed E-state index contributed by atoms with van der Waals surface area (Å²) in [6, 6.07) is 4.79. The third kappa shape index (κ3) is 4.05. The van der Waals surface area contributed by atoms with Crippen molar-refractivity contribution in [1.29, 1.82) is 0 Å². The summed E-state index contributed by atoms with van der Waals surface area (Å²) >= 11 is 1.53. The lowest BCUT2D eigenvalue weighted by molar-refractivity contribution is -0.120. The van der Waals surface area contributed by atoms with E-state index in [1.807, 2.05) is 20.8 Å². The van der Waals surface area contributed by atoms with Crippen LogP contribution in [0.5, 0.6) is 0 Å². The zero-order chi connectivity index (χ0) is 17.0. The zero-order valence-electron chi connectivity index (χ0n) is 13.9. The lowest BCUT2D eigenvalue weighted by atomic mass is 9.89. The molecule has 0 bridgehead atoms. The van der Waals surface area contributed by atoms with Gasteiger partial charge in [0.15, 0.2) is 5.17 Å². The van der Waals surface area contributed by atoms with Gasteiger partial charge in [0.05, 0.1) is 11.2 Å². The van der Waals surface area contributed by atoms with Crippen LogP contribution in [0.1, 0.15) is 45.6 Å². The quantitative estimate of drug-likeness (QED) is 0.857. The fourth-order valence-corrected chi connectivity index (χ4v) is 3.72. The van der Waals surface area contributed by atoms with Crippen molar-refractivity contribution < 1.29 is 9.18 Å². The molecule has 0 spiro atoms. The number of thioether (sulfide) groups is 1. The highest BCUT2D eigenvalue weighted by atomic mass is 32.2. The second-order valence-corrected chi connectivity index (χ2v) is 7.13. The molecule has 1 aromatic carbocycles. The van der Waals surface area contributed by atoms with Crippen LogP contribution in [-0.4, -0.2) is 16.8 Å². The maximum Gasteiger partial charge on any atom is 0.227 e. The van der Waals surface area contributed by atoms with E-state index in [4.69, 9.17) is 5.73 Å². The topological polar surface area (TPSA) is 67.5 Å². The Morgan fingerprint density at radius 2 is 2.17 bits per heavy atom. The third-order valence-electron chi connectivity index (χ3n) is 4.40. The Hall–Kier alpha value is -1.56. The molecule has 0 aromatic heterocycles. The number of carbonyl (C=O) groups excluding carboxylic acids is 1. The molecule has 1 aliphatic heterocycles. The standard InChI is InChI=1S/C17H24FN3OS/c1-4-11(5-2)15(22)20-14-10-12(6-7-13(14)18)17(3)8-9-23-16(19)21-17/h6-7,10-11H,4-5,8-9H2,1-3H3,(H2,19,21)(H,20,22). The summed E-state index contributed by atoms with van der Waals surface area (Å²) in [4.78, 5) is 16.7. The summed E-state index contributed by atoms with van der Waals surface area (Å²) in [5.41, 5.74) is 6.44. The Balaban J connectivity index is 2.29. The largest absolute Gasteiger partial charge is 0.379 e. The summed E-state index contributed by atoms with van der Waals surface area (Å²) in [5.74, 6) is 0.198. The predicted molar refractivity (Wildman–Crippen MR) is 95.2 cm³/mol. The molecule has 1 amide bonds. The minimum absolute atomic E-state index is 0.103. The fourth-order valence-electron chi connectivity index (χ4n) is 2.74. The molecule has 23 heavy (non-hydrogen) atoms. The molecule has 0 saturated carbocycles. The van der Waals surface area contributed by atoms with Crippen LogP contribution in [0.4, 0.5) is 10.1 Å². The summed E-state index contributed by atoms with van der Waals surface area (Å²) < 4.78 is 14.1. The number of amidine groups is 1. The lowest BCUT2D eigenvalue weighted by Crippen LogP contribution is -2.29. The first-order valence-corrected chi connectivity index (χ1v) is 8.97. The van der Waals surface area contributed by atoms with E-state index in [1.54, 1.807) is 12.1 Å². The van der Waals surface area contributed by atoms with Gasteiger partial charge in [0.2, 0.25) is 5.91 Å². The number of anilines is 1. The Morgan fingerprint density at radius 3 is 2.78 bits per heavy atom. The number of rotatable bonds is 5. The second kappa shape index (κ2) is 7.34. The maximum atomic E-state index is 14.1.